The van der Waals surface area contributed by atoms with Crippen molar-refractivity contribution in [3.8, 4) is 0 Å². The molecule has 1 saturated carbocycles. The van der Waals surface area contributed by atoms with Gasteiger partial charge in [-0.15, -0.1) is 0 Å². The summed E-state index contributed by atoms with van der Waals surface area (Å²) in [5.41, 5.74) is -0.754. The van der Waals surface area contributed by atoms with Gasteiger partial charge in [0, 0.05) is 5.92 Å². The summed E-state index contributed by atoms with van der Waals surface area (Å²) in [5, 5.41) is 2.83. The van der Waals surface area contributed by atoms with E-state index in [4.69, 9.17) is 4.74 Å². The molecule has 4 heteroatoms. The molecule has 0 aromatic heterocycles. The lowest BCUT2D eigenvalue weighted by atomic mass is 9.96. The zero-order valence-electron chi connectivity index (χ0n) is 9.63. The van der Waals surface area contributed by atoms with Crippen LogP contribution >= 0.6 is 0 Å². The molecular formula is C11H19NO3. The number of rotatable bonds is 3. The van der Waals surface area contributed by atoms with E-state index in [-0.39, 0.29) is 17.8 Å². The van der Waals surface area contributed by atoms with Crippen molar-refractivity contribution >= 4 is 11.9 Å². The molecule has 0 unspecified atom stereocenters. The maximum atomic E-state index is 11.7. The van der Waals surface area contributed by atoms with Crippen molar-refractivity contribution in [3.05, 3.63) is 0 Å². The summed E-state index contributed by atoms with van der Waals surface area (Å²) in [6.45, 7) is 3.63. The van der Waals surface area contributed by atoms with Crippen molar-refractivity contribution in [2.24, 2.45) is 5.92 Å². The highest BCUT2D eigenvalue weighted by molar-refractivity contribution is 5.89. The SMILES string of the molecule is COC(=O)C1(NC(=O)C(C)C)CCCC1. The molecule has 0 atom stereocenters. The lowest BCUT2D eigenvalue weighted by Gasteiger charge is -2.28. The lowest BCUT2D eigenvalue weighted by molar-refractivity contribution is -0.151. The third-order valence-electron chi connectivity index (χ3n) is 2.92. The number of esters is 1. The maximum absolute atomic E-state index is 11.7. The first-order valence-corrected chi connectivity index (χ1v) is 5.42. The summed E-state index contributed by atoms with van der Waals surface area (Å²) in [4.78, 5) is 23.3. The summed E-state index contributed by atoms with van der Waals surface area (Å²) < 4.78 is 4.76. The van der Waals surface area contributed by atoms with E-state index in [9.17, 15) is 9.59 Å². The molecule has 0 aromatic carbocycles. The topological polar surface area (TPSA) is 55.4 Å². The Bertz CT molecular complexity index is 255. The van der Waals surface area contributed by atoms with Crippen LogP contribution in [0.15, 0.2) is 0 Å². The molecule has 1 aliphatic rings. The molecule has 1 fully saturated rings. The Morgan fingerprint density at radius 2 is 1.80 bits per heavy atom. The standard InChI is InChI=1S/C11H19NO3/c1-8(2)9(13)12-11(10(14)15-3)6-4-5-7-11/h8H,4-7H2,1-3H3,(H,12,13). The van der Waals surface area contributed by atoms with Crippen LogP contribution in [0, 0.1) is 5.92 Å². The zero-order chi connectivity index (χ0) is 11.5. The maximum Gasteiger partial charge on any atom is 0.331 e. The van der Waals surface area contributed by atoms with Gasteiger partial charge in [0.05, 0.1) is 7.11 Å². The number of nitrogens with one attached hydrogen (secondary N) is 1. The molecule has 15 heavy (non-hydrogen) atoms. The van der Waals surface area contributed by atoms with E-state index in [0.29, 0.717) is 12.8 Å². The molecular weight excluding hydrogens is 194 g/mol. The van der Waals surface area contributed by atoms with Gasteiger partial charge in [-0.2, -0.15) is 0 Å². The van der Waals surface area contributed by atoms with E-state index in [1.165, 1.54) is 7.11 Å². The molecule has 86 valence electrons. The monoisotopic (exact) mass is 213 g/mol. The first-order valence-electron chi connectivity index (χ1n) is 5.42. The fraction of sp³-hybridized carbons (Fsp3) is 0.818. The first kappa shape index (κ1) is 12.0. The summed E-state index contributed by atoms with van der Waals surface area (Å²) in [6.07, 6.45) is 3.32. The second-order valence-electron chi connectivity index (χ2n) is 4.42. The van der Waals surface area contributed by atoms with Gasteiger partial charge in [0.25, 0.3) is 0 Å². The van der Waals surface area contributed by atoms with Gasteiger partial charge in [-0.25, -0.2) is 4.79 Å². The molecule has 1 aliphatic carbocycles. The van der Waals surface area contributed by atoms with Crippen LogP contribution in [0.2, 0.25) is 0 Å². The molecule has 0 heterocycles. The second-order valence-corrected chi connectivity index (χ2v) is 4.42. The van der Waals surface area contributed by atoms with Crippen LogP contribution < -0.4 is 5.32 Å². The number of amides is 1. The molecule has 0 aromatic rings. The van der Waals surface area contributed by atoms with Crippen molar-refractivity contribution in [1.82, 2.24) is 5.32 Å². The number of carbonyl (C=O) groups excluding carboxylic acids is 2. The Labute approximate surface area is 90.4 Å². The van der Waals surface area contributed by atoms with E-state index in [0.717, 1.165) is 12.8 Å². The molecule has 0 radical (unpaired) electrons. The fourth-order valence-electron chi connectivity index (χ4n) is 1.93. The number of methoxy groups -OCH3 is 1. The van der Waals surface area contributed by atoms with Gasteiger partial charge in [-0.05, 0) is 12.8 Å². The fourth-order valence-corrected chi connectivity index (χ4v) is 1.93. The quantitative estimate of drug-likeness (QED) is 0.718. The highest BCUT2D eigenvalue weighted by Gasteiger charge is 2.43. The first-order chi connectivity index (χ1) is 7.02. The Morgan fingerprint density at radius 3 is 2.20 bits per heavy atom. The summed E-state index contributed by atoms with van der Waals surface area (Å²) in [6, 6.07) is 0. The van der Waals surface area contributed by atoms with Gasteiger partial charge < -0.3 is 10.1 Å². The van der Waals surface area contributed by atoms with Crippen LogP contribution in [-0.4, -0.2) is 24.5 Å². The van der Waals surface area contributed by atoms with Crippen molar-refractivity contribution in [2.45, 2.75) is 45.1 Å². The molecule has 0 spiro atoms. The largest absolute Gasteiger partial charge is 0.467 e. The van der Waals surface area contributed by atoms with Crippen LogP contribution in [0.4, 0.5) is 0 Å². The van der Waals surface area contributed by atoms with Gasteiger partial charge in [0.15, 0.2) is 0 Å². The third kappa shape index (κ3) is 2.49. The normalized spacial score (nSPS) is 18.9. The summed E-state index contributed by atoms with van der Waals surface area (Å²) in [7, 11) is 1.37. The minimum atomic E-state index is -0.754. The number of hydrogen-bond acceptors (Lipinski definition) is 3. The Morgan fingerprint density at radius 1 is 1.27 bits per heavy atom. The predicted molar refractivity (Wildman–Crippen MR) is 56.2 cm³/mol. The smallest absolute Gasteiger partial charge is 0.331 e. The van der Waals surface area contributed by atoms with Gasteiger partial charge in [0.2, 0.25) is 5.91 Å². The van der Waals surface area contributed by atoms with Crippen molar-refractivity contribution in [3.63, 3.8) is 0 Å². The Balaban J connectivity index is 2.74. The van der Waals surface area contributed by atoms with Gasteiger partial charge in [-0.1, -0.05) is 26.7 Å². The number of carbonyl (C=O) groups is 2. The van der Waals surface area contributed by atoms with Crippen LogP contribution in [0.1, 0.15) is 39.5 Å². The summed E-state index contributed by atoms with van der Waals surface area (Å²) >= 11 is 0. The molecule has 1 rings (SSSR count). The average Bonchev–Trinajstić information content (AvgIpc) is 2.66. The van der Waals surface area contributed by atoms with Crippen molar-refractivity contribution in [1.29, 1.82) is 0 Å². The molecule has 1 amide bonds. The summed E-state index contributed by atoms with van der Waals surface area (Å²) in [5.74, 6) is -0.497. The van der Waals surface area contributed by atoms with Gasteiger partial charge in [-0.3, -0.25) is 4.79 Å². The minimum absolute atomic E-state index is 0.0812. The third-order valence-corrected chi connectivity index (χ3v) is 2.92. The van der Waals surface area contributed by atoms with Crippen LogP contribution in [-0.2, 0) is 14.3 Å². The highest BCUT2D eigenvalue weighted by Crippen LogP contribution is 2.31. The number of ether oxygens (including phenoxy) is 1. The van der Waals surface area contributed by atoms with Crippen LogP contribution in [0.5, 0.6) is 0 Å². The zero-order valence-corrected chi connectivity index (χ0v) is 9.63. The second kappa shape index (κ2) is 4.64. The van der Waals surface area contributed by atoms with E-state index in [1.807, 2.05) is 13.8 Å². The van der Waals surface area contributed by atoms with Gasteiger partial charge >= 0.3 is 5.97 Å². The van der Waals surface area contributed by atoms with E-state index in [2.05, 4.69) is 5.32 Å². The number of hydrogen-bond donors (Lipinski definition) is 1. The van der Waals surface area contributed by atoms with Crippen molar-refractivity contribution < 1.29 is 14.3 Å². The van der Waals surface area contributed by atoms with E-state index in [1.54, 1.807) is 0 Å². The van der Waals surface area contributed by atoms with Gasteiger partial charge in [0.1, 0.15) is 5.54 Å². The minimum Gasteiger partial charge on any atom is -0.467 e. The van der Waals surface area contributed by atoms with Crippen LogP contribution in [0.25, 0.3) is 0 Å². The average molecular weight is 213 g/mol. The highest BCUT2D eigenvalue weighted by atomic mass is 16.5. The molecule has 0 bridgehead atoms. The molecule has 1 N–H and O–H groups in total. The lowest BCUT2D eigenvalue weighted by Crippen LogP contribution is -2.54. The van der Waals surface area contributed by atoms with E-state index >= 15 is 0 Å². The molecule has 4 nitrogen and oxygen atoms in total. The molecule has 0 saturated heterocycles. The Kier molecular flexibility index (Phi) is 3.72. The van der Waals surface area contributed by atoms with Crippen LogP contribution in [0.3, 0.4) is 0 Å². The van der Waals surface area contributed by atoms with Crippen molar-refractivity contribution in [2.75, 3.05) is 7.11 Å². The predicted octanol–water partition coefficient (Wildman–Crippen LogP) is 1.24. The van der Waals surface area contributed by atoms with E-state index < -0.39 is 5.54 Å². The molecule has 0 aliphatic heterocycles. The Hall–Kier alpha value is -1.06.